The lowest BCUT2D eigenvalue weighted by Crippen LogP contribution is -1.89. The monoisotopic (exact) mass is 109 g/mol. The molecule has 3 heteroatoms. The summed E-state index contributed by atoms with van der Waals surface area (Å²) in [6, 6.07) is 0. The van der Waals surface area contributed by atoms with Gasteiger partial charge in [-0.15, -0.1) is 0 Å². The molecule has 0 rings (SSSR count). The van der Waals surface area contributed by atoms with Crippen LogP contribution in [0.1, 0.15) is 6.42 Å². The SMILES string of the molecule is COCC[C](F)F. The van der Waals surface area contributed by atoms with Crippen molar-refractivity contribution in [1.82, 2.24) is 0 Å². The maximum Gasteiger partial charge on any atom is 0.312 e. The van der Waals surface area contributed by atoms with Crippen molar-refractivity contribution < 1.29 is 13.5 Å². The van der Waals surface area contributed by atoms with Gasteiger partial charge in [0.1, 0.15) is 0 Å². The molecule has 0 atom stereocenters. The van der Waals surface area contributed by atoms with Crippen molar-refractivity contribution >= 4 is 0 Å². The zero-order valence-electron chi connectivity index (χ0n) is 4.08. The van der Waals surface area contributed by atoms with Crippen LogP contribution in [0.3, 0.4) is 0 Å². The molecule has 0 aromatic rings. The zero-order chi connectivity index (χ0) is 5.70. The van der Waals surface area contributed by atoms with Crippen LogP contribution in [-0.4, -0.2) is 13.7 Å². The number of hydrogen-bond acceptors (Lipinski definition) is 1. The minimum absolute atomic E-state index is 0.113. The van der Waals surface area contributed by atoms with Gasteiger partial charge < -0.3 is 4.74 Å². The Balaban J connectivity index is 2.68. The topological polar surface area (TPSA) is 9.23 Å². The molecule has 0 saturated heterocycles. The van der Waals surface area contributed by atoms with Crippen LogP contribution >= 0.6 is 0 Å². The minimum atomic E-state index is -1.57. The first kappa shape index (κ1) is 6.82. The summed E-state index contributed by atoms with van der Waals surface area (Å²) < 4.78 is 26.5. The molecule has 0 heterocycles. The van der Waals surface area contributed by atoms with Gasteiger partial charge in [0.25, 0.3) is 0 Å². The molecule has 0 aromatic carbocycles. The molecule has 1 nitrogen and oxygen atoms in total. The molecule has 43 valence electrons. The Kier molecular flexibility index (Phi) is 3.89. The van der Waals surface area contributed by atoms with E-state index in [1.165, 1.54) is 7.11 Å². The van der Waals surface area contributed by atoms with E-state index < -0.39 is 6.43 Å². The van der Waals surface area contributed by atoms with Gasteiger partial charge in [0, 0.05) is 13.5 Å². The van der Waals surface area contributed by atoms with Crippen LogP contribution in [0.15, 0.2) is 0 Å². The van der Waals surface area contributed by atoms with Gasteiger partial charge >= 0.3 is 6.43 Å². The summed E-state index contributed by atoms with van der Waals surface area (Å²) >= 11 is 0. The van der Waals surface area contributed by atoms with E-state index in [1.54, 1.807) is 0 Å². The van der Waals surface area contributed by atoms with Crippen molar-refractivity contribution in [2.75, 3.05) is 13.7 Å². The van der Waals surface area contributed by atoms with E-state index in [0.717, 1.165) is 0 Å². The highest BCUT2D eigenvalue weighted by molar-refractivity contribution is 4.56. The number of rotatable bonds is 3. The lowest BCUT2D eigenvalue weighted by Gasteiger charge is -1.91. The highest BCUT2D eigenvalue weighted by Crippen LogP contribution is 2.06. The fourth-order valence-corrected chi connectivity index (χ4v) is 0.179. The first-order valence-electron chi connectivity index (χ1n) is 1.93. The Labute approximate surface area is 41.3 Å². The smallest absolute Gasteiger partial charge is 0.312 e. The maximum atomic E-state index is 11.1. The predicted octanol–water partition coefficient (Wildman–Crippen LogP) is 1.45. The van der Waals surface area contributed by atoms with E-state index in [4.69, 9.17) is 0 Å². The second-order valence-electron chi connectivity index (χ2n) is 1.08. The van der Waals surface area contributed by atoms with Crippen molar-refractivity contribution in [3.63, 3.8) is 0 Å². The molecule has 0 aliphatic carbocycles. The molecule has 0 spiro atoms. The minimum Gasteiger partial charge on any atom is -0.384 e. The van der Waals surface area contributed by atoms with Crippen LogP contribution in [0, 0.1) is 6.43 Å². The molecule has 0 N–H and O–H groups in total. The van der Waals surface area contributed by atoms with E-state index in [9.17, 15) is 8.78 Å². The Morgan fingerprint density at radius 2 is 2.14 bits per heavy atom. The van der Waals surface area contributed by atoms with Crippen LogP contribution in [0.2, 0.25) is 0 Å². The Morgan fingerprint density at radius 3 is 2.29 bits per heavy atom. The third-order valence-electron chi connectivity index (χ3n) is 0.495. The summed E-state index contributed by atoms with van der Waals surface area (Å²) in [6.07, 6.45) is -1.81. The summed E-state index contributed by atoms with van der Waals surface area (Å²) in [6.45, 7) is 0.113. The summed E-state index contributed by atoms with van der Waals surface area (Å²) in [5.74, 6) is 0. The van der Waals surface area contributed by atoms with Crippen molar-refractivity contribution in [3.8, 4) is 0 Å². The van der Waals surface area contributed by atoms with E-state index in [-0.39, 0.29) is 13.0 Å². The summed E-state index contributed by atoms with van der Waals surface area (Å²) in [5.41, 5.74) is 0. The van der Waals surface area contributed by atoms with Gasteiger partial charge in [-0.1, -0.05) is 0 Å². The first-order chi connectivity index (χ1) is 3.27. The van der Waals surface area contributed by atoms with E-state index >= 15 is 0 Å². The Hall–Kier alpha value is -0.180. The number of hydrogen-bond donors (Lipinski definition) is 0. The molecule has 0 unspecified atom stereocenters. The van der Waals surface area contributed by atoms with E-state index in [2.05, 4.69) is 4.74 Å². The second kappa shape index (κ2) is 3.99. The predicted molar refractivity (Wildman–Crippen MR) is 22.0 cm³/mol. The van der Waals surface area contributed by atoms with Gasteiger partial charge in [-0.3, -0.25) is 0 Å². The Morgan fingerprint density at radius 1 is 1.57 bits per heavy atom. The summed E-state index contributed by atoms with van der Waals surface area (Å²) in [7, 11) is 1.39. The van der Waals surface area contributed by atoms with Crippen molar-refractivity contribution in [1.29, 1.82) is 0 Å². The molecule has 0 aliphatic heterocycles. The highest BCUT2D eigenvalue weighted by Gasteiger charge is 2.01. The second-order valence-corrected chi connectivity index (χ2v) is 1.08. The van der Waals surface area contributed by atoms with Gasteiger partial charge in [0.15, 0.2) is 0 Å². The molecular weight excluding hydrogens is 102 g/mol. The summed E-state index contributed by atoms with van der Waals surface area (Å²) in [4.78, 5) is 0. The number of methoxy groups -OCH3 is 1. The zero-order valence-corrected chi connectivity index (χ0v) is 4.08. The average molecular weight is 109 g/mol. The van der Waals surface area contributed by atoms with Crippen molar-refractivity contribution in [3.05, 3.63) is 6.43 Å². The van der Waals surface area contributed by atoms with Gasteiger partial charge in [0.2, 0.25) is 0 Å². The third-order valence-corrected chi connectivity index (χ3v) is 0.495. The lowest BCUT2D eigenvalue weighted by atomic mass is 10.5. The maximum absolute atomic E-state index is 11.1. The molecule has 0 aliphatic rings. The third kappa shape index (κ3) is 5.82. The van der Waals surface area contributed by atoms with Crippen LogP contribution in [0.5, 0.6) is 0 Å². The molecule has 0 amide bonds. The van der Waals surface area contributed by atoms with Crippen LogP contribution in [-0.2, 0) is 4.74 Å². The Bertz CT molecular complexity index is 38.7. The fourth-order valence-electron chi connectivity index (χ4n) is 0.179. The van der Waals surface area contributed by atoms with Gasteiger partial charge in [-0.25, -0.2) is 0 Å². The molecule has 1 radical (unpaired) electrons. The van der Waals surface area contributed by atoms with Crippen LogP contribution < -0.4 is 0 Å². The van der Waals surface area contributed by atoms with Crippen LogP contribution in [0.25, 0.3) is 0 Å². The number of ether oxygens (including phenoxy) is 1. The lowest BCUT2D eigenvalue weighted by molar-refractivity contribution is 0.158. The molecule has 0 saturated carbocycles. The molecule has 0 bridgehead atoms. The average Bonchev–Trinajstić information content (AvgIpc) is 1.61. The fraction of sp³-hybridized carbons (Fsp3) is 0.750. The first-order valence-corrected chi connectivity index (χ1v) is 1.93. The van der Waals surface area contributed by atoms with E-state index in [1.807, 2.05) is 0 Å². The van der Waals surface area contributed by atoms with Gasteiger partial charge in [-0.05, 0) is 0 Å². The summed E-state index contributed by atoms with van der Waals surface area (Å²) in [5, 5.41) is 0. The normalized spacial score (nSPS) is 10.3. The van der Waals surface area contributed by atoms with Gasteiger partial charge in [-0.2, -0.15) is 8.78 Å². The molecule has 0 aromatic heterocycles. The number of halogens is 2. The van der Waals surface area contributed by atoms with Crippen molar-refractivity contribution in [2.24, 2.45) is 0 Å². The standard InChI is InChI=1S/C4H7F2O/c1-7-3-2-4(5)6/h2-3H2,1H3. The van der Waals surface area contributed by atoms with Crippen molar-refractivity contribution in [2.45, 2.75) is 6.42 Å². The molecular formula is C4H7F2O. The van der Waals surface area contributed by atoms with Gasteiger partial charge in [0.05, 0.1) is 6.61 Å². The quantitative estimate of drug-likeness (QED) is 0.533. The van der Waals surface area contributed by atoms with Crippen LogP contribution in [0.4, 0.5) is 8.78 Å². The highest BCUT2D eigenvalue weighted by atomic mass is 19.3. The van der Waals surface area contributed by atoms with E-state index in [0.29, 0.717) is 0 Å². The molecule has 0 fully saturated rings. The molecule has 7 heavy (non-hydrogen) atoms. The largest absolute Gasteiger partial charge is 0.384 e.